The summed E-state index contributed by atoms with van der Waals surface area (Å²) in [5.41, 5.74) is 2.00. The van der Waals surface area contributed by atoms with Crippen LogP contribution < -0.4 is 11.1 Å². The van der Waals surface area contributed by atoms with Crippen LogP contribution in [0, 0.1) is 0 Å². The molecule has 4 nitrogen and oxygen atoms in total. The summed E-state index contributed by atoms with van der Waals surface area (Å²) in [6.07, 6.45) is -6.04. The fourth-order valence-corrected chi connectivity index (χ4v) is 1.96. The predicted molar refractivity (Wildman–Crippen MR) is 65.6 cm³/mol. The number of carbonyl (C=O) groups is 1. The first-order valence-electron chi connectivity index (χ1n) is 4.87. The smallest absolute Gasteiger partial charge is 0.427 e. The highest BCUT2D eigenvalue weighted by Gasteiger charge is 2.61. The van der Waals surface area contributed by atoms with Crippen molar-refractivity contribution >= 4 is 35.8 Å². The first-order valence-corrected chi connectivity index (χ1v) is 5.25. The molecule has 1 aliphatic heterocycles. The number of nitrogens with two attached hydrogens (primary N) is 1. The van der Waals surface area contributed by atoms with Crippen LogP contribution in [0.15, 0.2) is 18.2 Å². The van der Waals surface area contributed by atoms with Crippen molar-refractivity contribution in [3.05, 3.63) is 28.8 Å². The van der Waals surface area contributed by atoms with Crippen molar-refractivity contribution in [1.82, 2.24) is 0 Å². The normalized spacial score (nSPS) is 21.8. The molecule has 1 unspecified atom stereocenters. The van der Waals surface area contributed by atoms with Crippen LogP contribution in [-0.4, -0.2) is 18.8 Å². The van der Waals surface area contributed by atoms with Gasteiger partial charge in [0.2, 0.25) is 5.60 Å². The molecule has 1 aliphatic rings. The predicted octanol–water partition coefficient (Wildman–Crippen LogP) is 3.04. The lowest BCUT2D eigenvalue weighted by atomic mass is 9.90. The van der Waals surface area contributed by atoms with Gasteiger partial charge in [-0.2, -0.15) is 13.2 Å². The molecule has 2 rings (SSSR count). The van der Waals surface area contributed by atoms with Crippen LogP contribution in [-0.2, 0) is 10.3 Å². The Kier molecular flexibility index (Phi) is 4.23. The second-order valence-corrected chi connectivity index (χ2v) is 4.17. The minimum atomic E-state index is -4.83. The molecule has 0 radical (unpaired) electrons. The van der Waals surface area contributed by atoms with Gasteiger partial charge in [0.25, 0.3) is 0 Å². The van der Waals surface area contributed by atoms with Gasteiger partial charge in [0.15, 0.2) is 0 Å². The van der Waals surface area contributed by atoms with Crippen molar-refractivity contribution in [2.75, 3.05) is 11.9 Å². The van der Waals surface area contributed by atoms with Crippen LogP contribution in [0.5, 0.6) is 0 Å². The molecule has 1 aromatic carbocycles. The van der Waals surface area contributed by atoms with E-state index >= 15 is 0 Å². The Balaban J connectivity index is 0.00000180. The average Bonchev–Trinajstić information content (AvgIpc) is 2.27. The van der Waals surface area contributed by atoms with Crippen molar-refractivity contribution in [1.29, 1.82) is 0 Å². The molecule has 0 spiro atoms. The molecule has 0 aliphatic carbocycles. The Bertz CT molecular complexity index is 510. The zero-order chi connectivity index (χ0) is 13.6. The first-order chi connectivity index (χ1) is 8.30. The van der Waals surface area contributed by atoms with Gasteiger partial charge in [-0.15, -0.1) is 12.4 Å². The molecule has 1 atom stereocenters. The van der Waals surface area contributed by atoms with Crippen LogP contribution in [0.1, 0.15) is 5.56 Å². The van der Waals surface area contributed by atoms with Crippen LogP contribution in [0.25, 0.3) is 0 Å². The molecule has 106 valence electrons. The van der Waals surface area contributed by atoms with E-state index in [4.69, 9.17) is 17.3 Å². The van der Waals surface area contributed by atoms with E-state index in [0.717, 1.165) is 6.07 Å². The molecule has 9 heteroatoms. The minimum absolute atomic E-state index is 0. The lowest BCUT2D eigenvalue weighted by molar-refractivity contribution is -0.260. The number of hydrogen-bond donors (Lipinski definition) is 2. The Labute approximate surface area is 117 Å². The fraction of sp³-hybridized carbons (Fsp3) is 0.300. The molecule has 1 amide bonds. The number of amides is 1. The molecule has 3 N–H and O–H groups in total. The van der Waals surface area contributed by atoms with Gasteiger partial charge in [0.1, 0.15) is 0 Å². The summed E-state index contributed by atoms with van der Waals surface area (Å²) < 4.78 is 43.9. The third-order valence-electron chi connectivity index (χ3n) is 2.67. The van der Waals surface area contributed by atoms with Gasteiger partial charge < -0.3 is 10.5 Å². The number of benzene rings is 1. The summed E-state index contributed by atoms with van der Waals surface area (Å²) in [6.45, 7) is -0.919. The van der Waals surface area contributed by atoms with Crippen LogP contribution in [0.4, 0.5) is 23.7 Å². The van der Waals surface area contributed by atoms with Crippen molar-refractivity contribution in [3.8, 4) is 0 Å². The Hall–Kier alpha value is -1.18. The fourth-order valence-electron chi connectivity index (χ4n) is 1.79. The van der Waals surface area contributed by atoms with Gasteiger partial charge in [-0.25, -0.2) is 4.79 Å². The SMILES string of the molecule is Cl.NCC1(C(F)(F)F)OC(=O)Nc2ccc(Cl)cc21. The van der Waals surface area contributed by atoms with E-state index in [-0.39, 0.29) is 28.7 Å². The van der Waals surface area contributed by atoms with E-state index in [1.165, 1.54) is 12.1 Å². The molecular formula is C10H9Cl2F3N2O2. The van der Waals surface area contributed by atoms with Gasteiger partial charge in [-0.1, -0.05) is 11.6 Å². The van der Waals surface area contributed by atoms with Crippen LogP contribution in [0.3, 0.4) is 0 Å². The van der Waals surface area contributed by atoms with E-state index in [9.17, 15) is 18.0 Å². The molecule has 0 bridgehead atoms. The Morgan fingerprint density at radius 3 is 2.58 bits per heavy atom. The van der Waals surface area contributed by atoms with E-state index < -0.39 is 24.4 Å². The van der Waals surface area contributed by atoms with Gasteiger partial charge in [-0.3, -0.25) is 5.32 Å². The lowest BCUT2D eigenvalue weighted by Gasteiger charge is -2.38. The van der Waals surface area contributed by atoms with Crippen LogP contribution >= 0.6 is 24.0 Å². The number of cyclic esters (lactones) is 1. The third kappa shape index (κ3) is 2.45. The molecule has 0 aromatic heterocycles. The largest absolute Gasteiger partial charge is 0.434 e. The van der Waals surface area contributed by atoms with Crippen LogP contribution in [0.2, 0.25) is 5.02 Å². The number of carbonyl (C=O) groups excluding carboxylic acids is 1. The summed E-state index contributed by atoms with van der Waals surface area (Å²) >= 11 is 5.67. The van der Waals surface area contributed by atoms with Crippen molar-refractivity contribution < 1.29 is 22.7 Å². The minimum Gasteiger partial charge on any atom is -0.427 e. The average molecular weight is 317 g/mol. The molecule has 0 saturated carbocycles. The number of halogens is 5. The summed E-state index contributed by atoms with van der Waals surface area (Å²) in [6, 6.07) is 3.72. The lowest BCUT2D eigenvalue weighted by Crippen LogP contribution is -2.54. The molecule has 1 aromatic rings. The van der Waals surface area contributed by atoms with Gasteiger partial charge in [0, 0.05) is 17.1 Å². The topological polar surface area (TPSA) is 64.3 Å². The molecule has 1 heterocycles. The van der Waals surface area contributed by atoms with Gasteiger partial charge in [-0.05, 0) is 18.2 Å². The quantitative estimate of drug-likeness (QED) is 0.837. The standard InChI is InChI=1S/C10H8ClF3N2O2.ClH/c11-5-1-2-7-6(3-5)9(4-15,10(12,13)14)18-8(17)16-7;/h1-3H,4,15H2,(H,16,17);1H. The monoisotopic (exact) mass is 316 g/mol. The summed E-state index contributed by atoms with van der Waals surface area (Å²) in [5, 5.41) is 2.27. The maximum Gasteiger partial charge on any atom is 0.434 e. The van der Waals surface area contributed by atoms with Crippen molar-refractivity contribution in [2.45, 2.75) is 11.8 Å². The summed E-state index contributed by atoms with van der Waals surface area (Å²) in [4.78, 5) is 11.2. The number of fused-ring (bicyclic) bond motifs is 1. The highest BCUT2D eigenvalue weighted by Crippen LogP contribution is 2.47. The van der Waals surface area contributed by atoms with Gasteiger partial charge in [0.05, 0.1) is 5.69 Å². The number of alkyl halides is 3. The third-order valence-corrected chi connectivity index (χ3v) is 2.90. The molecular weight excluding hydrogens is 308 g/mol. The number of hydrogen-bond acceptors (Lipinski definition) is 3. The van der Waals surface area contributed by atoms with E-state index in [1.54, 1.807) is 0 Å². The van der Waals surface area contributed by atoms with Crippen molar-refractivity contribution in [3.63, 3.8) is 0 Å². The number of rotatable bonds is 1. The Morgan fingerprint density at radius 1 is 1.42 bits per heavy atom. The highest BCUT2D eigenvalue weighted by molar-refractivity contribution is 6.30. The van der Waals surface area contributed by atoms with E-state index in [2.05, 4.69) is 10.1 Å². The number of nitrogens with one attached hydrogen (secondary N) is 1. The number of ether oxygens (including phenoxy) is 1. The zero-order valence-electron chi connectivity index (χ0n) is 9.25. The molecule has 0 fully saturated rings. The second-order valence-electron chi connectivity index (χ2n) is 3.73. The summed E-state index contributed by atoms with van der Waals surface area (Å²) in [7, 11) is 0. The van der Waals surface area contributed by atoms with E-state index in [0.29, 0.717) is 0 Å². The highest BCUT2D eigenvalue weighted by atomic mass is 35.5. The Morgan fingerprint density at radius 2 is 2.05 bits per heavy atom. The maximum atomic E-state index is 13.2. The van der Waals surface area contributed by atoms with Gasteiger partial charge >= 0.3 is 12.3 Å². The molecule has 0 saturated heterocycles. The second kappa shape index (κ2) is 5.07. The molecule has 19 heavy (non-hydrogen) atoms. The zero-order valence-corrected chi connectivity index (χ0v) is 10.8. The number of anilines is 1. The maximum absolute atomic E-state index is 13.2. The first kappa shape index (κ1) is 15.9. The van der Waals surface area contributed by atoms with E-state index in [1.807, 2.05) is 0 Å². The van der Waals surface area contributed by atoms with Crippen molar-refractivity contribution in [2.24, 2.45) is 5.73 Å². The summed E-state index contributed by atoms with van der Waals surface area (Å²) in [5.74, 6) is 0.